The van der Waals surface area contributed by atoms with Crippen molar-refractivity contribution in [1.82, 2.24) is 0 Å². The van der Waals surface area contributed by atoms with Crippen LogP contribution in [0, 0.1) is 11.8 Å². The standard InChI is InChI=1S/C45H75O11P/c1-3-5-7-8-9-10-11-12-13-14-15-16-17-18-19-20-21-22-28-32-45(50)56-39(37-55-57(51,52)53)36-54-44(49)31-27-24-23-26-30-40-41(43(48)35-42(40)47)34-33-38(46)29-25-6-4-2/h5,7,9-10,12-13,15-16,18-19,33-34,38-43,46-48H,3-4,6,8,11,14,17,20-32,35-37H2,1-2H3,(H2,51,52,53)/b7-5-,10-9-,13-12-,16-15-,19-18-,34-33+/t38-,39+,40+,41+,42-,43+/m0/s1. The number of rotatable bonds is 34. The Kier molecular flexibility index (Phi) is 31.5. The molecule has 0 radical (unpaired) electrons. The molecule has 326 valence electrons. The molecule has 5 N–H and O–H groups in total. The van der Waals surface area contributed by atoms with E-state index >= 15 is 0 Å². The number of carbonyl (C=O) groups is 2. The highest BCUT2D eigenvalue weighted by molar-refractivity contribution is 7.46. The van der Waals surface area contributed by atoms with Crippen LogP contribution in [0.1, 0.15) is 149 Å². The highest BCUT2D eigenvalue weighted by Crippen LogP contribution is 2.38. The monoisotopic (exact) mass is 823 g/mol. The normalized spacial score (nSPS) is 20.3. The fourth-order valence-electron chi connectivity index (χ4n) is 6.61. The van der Waals surface area contributed by atoms with Gasteiger partial charge in [-0.3, -0.25) is 14.1 Å². The van der Waals surface area contributed by atoms with Gasteiger partial charge in [0.05, 0.1) is 24.9 Å². The van der Waals surface area contributed by atoms with Crippen molar-refractivity contribution in [3.63, 3.8) is 0 Å². The van der Waals surface area contributed by atoms with Crippen LogP contribution >= 0.6 is 7.82 Å². The summed E-state index contributed by atoms with van der Waals surface area (Å²) in [6, 6.07) is 0. The second-order valence-corrected chi connectivity index (χ2v) is 16.1. The van der Waals surface area contributed by atoms with E-state index < -0.39 is 50.8 Å². The van der Waals surface area contributed by atoms with Crippen LogP contribution in [0.15, 0.2) is 72.9 Å². The zero-order valence-corrected chi connectivity index (χ0v) is 35.7. The van der Waals surface area contributed by atoms with Crippen molar-refractivity contribution < 1.29 is 53.3 Å². The van der Waals surface area contributed by atoms with Gasteiger partial charge in [-0.2, -0.15) is 0 Å². The van der Waals surface area contributed by atoms with Crippen LogP contribution in [0.3, 0.4) is 0 Å². The molecule has 6 atom stereocenters. The second-order valence-electron chi connectivity index (χ2n) is 14.9. The minimum atomic E-state index is -4.82. The third-order valence-corrected chi connectivity index (χ3v) is 10.3. The van der Waals surface area contributed by atoms with Crippen molar-refractivity contribution in [3.05, 3.63) is 72.9 Å². The average molecular weight is 823 g/mol. The Hall–Kier alpha value is -2.63. The zero-order valence-electron chi connectivity index (χ0n) is 34.8. The first-order chi connectivity index (χ1) is 27.5. The van der Waals surface area contributed by atoms with Crippen molar-refractivity contribution in [2.24, 2.45) is 11.8 Å². The van der Waals surface area contributed by atoms with Crippen LogP contribution in [-0.4, -0.2) is 74.7 Å². The molecule has 11 nitrogen and oxygen atoms in total. The van der Waals surface area contributed by atoms with Gasteiger partial charge in [0, 0.05) is 25.2 Å². The van der Waals surface area contributed by atoms with Crippen LogP contribution in [-0.2, 0) is 28.2 Å². The van der Waals surface area contributed by atoms with E-state index in [0.717, 1.165) is 96.3 Å². The van der Waals surface area contributed by atoms with Gasteiger partial charge in [0.1, 0.15) is 6.61 Å². The zero-order chi connectivity index (χ0) is 42.0. The molecule has 0 saturated heterocycles. The minimum Gasteiger partial charge on any atom is -0.462 e. The fourth-order valence-corrected chi connectivity index (χ4v) is 6.97. The van der Waals surface area contributed by atoms with Crippen LogP contribution in [0.5, 0.6) is 0 Å². The van der Waals surface area contributed by atoms with Crippen LogP contribution in [0.25, 0.3) is 0 Å². The van der Waals surface area contributed by atoms with Crippen molar-refractivity contribution in [2.45, 2.75) is 173 Å². The second kappa shape index (κ2) is 34.3. The summed E-state index contributed by atoms with van der Waals surface area (Å²) in [7, 11) is -4.82. The molecule has 0 heterocycles. The third-order valence-electron chi connectivity index (χ3n) is 9.81. The number of unbranched alkanes of at least 4 members (excludes halogenated alkanes) is 8. The molecule has 0 aromatic heterocycles. The number of carbonyl (C=O) groups excluding carboxylic acids is 2. The molecule has 0 aliphatic heterocycles. The molecule has 1 saturated carbocycles. The topological polar surface area (TPSA) is 180 Å². The fraction of sp³-hybridized carbons (Fsp3) is 0.689. The Morgan fingerprint density at radius 1 is 0.702 bits per heavy atom. The number of ether oxygens (including phenoxy) is 2. The number of allylic oxidation sites excluding steroid dienone is 10. The Labute approximate surface area is 343 Å². The summed E-state index contributed by atoms with van der Waals surface area (Å²) < 4.78 is 26.4. The van der Waals surface area contributed by atoms with Gasteiger partial charge in [-0.15, -0.1) is 0 Å². The number of phosphoric acid groups is 1. The van der Waals surface area contributed by atoms with E-state index in [0.29, 0.717) is 25.7 Å². The lowest BCUT2D eigenvalue weighted by atomic mass is 9.88. The van der Waals surface area contributed by atoms with Crippen molar-refractivity contribution in [1.29, 1.82) is 0 Å². The largest absolute Gasteiger partial charge is 0.469 e. The summed E-state index contributed by atoms with van der Waals surface area (Å²) in [5.74, 6) is -1.36. The Morgan fingerprint density at radius 3 is 1.89 bits per heavy atom. The number of phosphoric ester groups is 1. The lowest BCUT2D eigenvalue weighted by Crippen LogP contribution is -2.29. The summed E-state index contributed by atoms with van der Waals surface area (Å²) in [6.45, 7) is 3.26. The summed E-state index contributed by atoms with van der Waals surface area (Å²) >= 11 is 0. The SMILES string of the molecule is CC/C=C\C/C=C\C/C=C\C/C=C\C/C=C\CCCCCC(=O)O[C@H](COC(=O)CCCCCC[C@@H]1[C@@H](/C=C/[C@@H](O)CCCCC)[C@H](O)C[C@@H]1O)COP(=O)(O)O. The van der Waals surface area contributed by atoms with E-state index in [2.05, 4.69) is 79.1 Å². The molecule has 0 aromatic carbocycles. The molecule has 1 rings (SSSR count). The molecule has 57 heavy (non-hydrogen) atoms. The Balaban J connectivity index is 2.28. The van der Waals surface area contributed by atoms with E-state index in [1.165, 1.54) is 0 Å². The molecular weight excluding hydrogens is 747 g/mol. The molecule has 1 aliphatic rings. The third kappa shape index (κ3) is 30.1. The molecule has 1 fully saturated rings. The summed E-state index contributed by atoms with van der Waals surface area (Å²) in [5, 5.41) is 31.3. The van der Waals surface area contributed by atoms with Gasteiger partial charge in [0.15, 0.2) is 6.10 Å². The predicted molar refractivity (Wildman–Crippen MR) is 227 cm³/mol. The van der Waals surface area contributed by atoms with Crippen LogP contribution in [0.2, 0.25) is 0 Å². The van der Waals surface area contributed by atoms with Crippen LogP contribution in [0.4, 0.5) is 0 Å². The molecule has 12 heteroatoms. The van der Waals surface area contributed by atoms with E-state index in [9.17, 15) is 29.5 Å². The first-order valence-electron chi connectivity index (χ1n) is 21.5. The van der Waals surface area contributed by atoms with Crippen molar-refractivity contribution in [2.75, 3.05) is 13.2 Å². The lowest BCUT2D eigenvalue weighted by Gasteiger charge is -2.21. The first-order valence-corrected chi connectivity index (χ1v) is 23.0. The summed E-state index contributed by atoms with van der Waals surface area (Å²) in [6.07, 6.45) is 38.3. The van der Waals surface area contributed by atoms with Gasteiger partial charge in [-0.1, -0.05) is 132 Å². The van der Waals surface area contributed by atoms with Crippen molar-refractivity contribution in [3.8, 4) is 0 Å². The maximum atomic E-state index is 12.5. The number of hydrogen-bond donors (Lipinski definition) is 5. The summed E-state index contributed by atoms with van der Waals surface area (Å²) in [5.41, 5.74) is 0. The van der Waals surface area contributed by atoms with Gasteiger partial charge in [-0.25, -0.2) is 4.57 Å². The molecular formula is C45H75O11P. The number of esters is 2. The van der Waals surface area contributed by atoms with E-state index in [-0.39, 0.29) is 31.3 Å². The van der Waals surface area contributed by atoms with Gasteiger partial charge < -0.3 is 34.6 Å². The van der Waals surface area contributed by atoms with Gasteiger partial charge in [-0.05, 0) is 76.5 Å². The maximum Gasteiger partial charge on any atom is 0.469 e. The predicted octanol–water partition coefficient (Wildman–Crippen LogP) is 9.45. The molecule has 0 spiro atoms. The van der Waals surface area contributed by atoms with E-state index in [1.807, 2.05) is 6.08 Å². The molecule has 0 amide bonds. The minimum absolute atomic E-state index is 0.0892. The van der Waals surface area contributed by atoms with Crippen LogP contribution < -0.4 is 0 Å². The molecule has 0 bridgehead atoms. The molecule has 0 aromatic rings. The maximum absolute atomic E-state index is 12.5. The van der Waals surface area contributed by atoms with Gasteiger partial charge in [0.25, 0.3) is 0 Å². The summed E-state index contributed by atoms with van der Waals surface area (Å²) in [4.78, 5) is 43.1. The van der Waals surface area contributed by atoms with Gasteiger partial charge >= 0.3 is 19.8 Å². The highest BCUT2D eigenvalue weighted by atomic mass is 31.2. The lowest BCUT2D eigenvalue weighted by molar-refractivity contribution is -0.161. The highest BCUT2D eigenvalue weighted by Gasteiger charge is 2.39. The number of hydrogen-bond acceptors (Lipinski definition) is 9. The number of aliphatic hydroxyl groups excluding tert-OH is 3. The molecule has 1 aliphatic carbocycles. The Bertz CT molecular complexity index is 1270. The Morgan fingerprint density at radius 2 is 1.28 bits per heavy atom. The average Bonchev–Trinajstić information content (AvgIpc) is 3.44. The van der Waals surface area contributed by atoms with Crippen molar-refractivity contribution >= 4 is 19.8 Å². The van der Waals surface area contributed by atoms with E-state index in [4.69, 9.17) is 19.3 Å². The van der Waals surface area contributed by atoms with Gasteiger partial charge in [0.2, 0.25) is 0 Å². The molecule has 0 unspecified atom stereocenters. The van der Waals surface area contributed by atoms with E-state index in [1.54, 1.807) is 6.08 Å². The first kappa shape index (κ1) is 52.4. The number of aliphatic hydroxyl groups is 3. The smallest absolute Gasteiger partial charge is 0.462 e. The quantitative estimate of drug-likeness (QED) is 0.0181.